The number of hydrogen-bond acceptors (Lipinski definition) is 6. The Kier molecular flexibility index (Phi) is 5.03. The van der Waals surface area contributed by atoms with E-state index < -0.39 is 0 Å². The second kappa shape index (κ2) is 7.79. The number of fused-ring (bicyclic) bond motifs is 1. The summed E-state index contributed by atoms with van der Waals surface area (Å²) >= 11 is 0. The quantitative estimate of drug-likeness (QED) is 0.520. The van der Waals surface area contributed by atoms with Crippen LogP contribution in [0.1, 0.15) is 19.2 Å². The zero-order chi connectivity index (χ0) is 20.4. The van der Waals surface area contributed by atoms with E-state index in [0.717, 1.165) is 40.4 Å². The topological polar surface area (TPSA) is 105 Å². The van der Waals surface area contributed by atoms with Crippen molar-refractivity contribution in [1.29, 1.82) is 0 Å². The number of nitrogen functional groups attached to an aromatic ring is 2. The maximum absolute atomic E-state index is 6.17. The zero-order valence-electron chi connectivity index (χ0n) is 16.5. The first-order valence-corrected chi connectivity index (χ1v) is 9.62. The molecule has 3 aromatic heterocycles. The summed E-state index contributed by atoms with van der Waals surface area (Å²) in [7, 11) is 0. The summed E-state index contributed by atoms with van der Waals surface area (Å²) in [5.41, 5.74) is 15.0. The van der Waals surface area contributed by atoms with E-state index in [9.17, 15) is 0 Å². The van der Waals surface area contributed by atoms with Gasteiger partial charge in [-0.25, -0.2) is 15.0 Å². The van der Waals surface area contributed by atoms with Crippen molar-refractivity contribution in [3.63, 3.8) is 0 Å². The van der Waals surface area contributed by atoms with Gasteiger partial charge in [-0.15, -0.1) is 0 Å². The number of rotatable bonds is 6. The lowest BCUT2D eigenvalue weighted by Gasteiger charge is -2.19. The second-order valence-corrected chi connectivity index (χ2v) is 6.98. The van der Waals surface area contributed by atoms with E-state index in [1.807, 2.05) is 49.4 Å². The number of hydrogen-bond donors (Lipinski definition) is 2. The SMILES string of the molecule is CCC(Cn1c(C)nc2ccc(-c3cc(N)nc(N)c3)nc21)Oc1ccccc1. The molecule has 0 amide bonds. The summed E-state index contributed by atoms with van der Waals surface area (Å²) < 4.78 is 8.27. The van der Waals surface area contributed by atoms with Crippen molar-refractivity contribution in [2.45, 2.75) is 32.9 Å². The molecule has 7 nitrogen and oxygen atoms in total. The molecule has 3 heterocycles. The largest absolute Gasteiger partial charge is 0.489 e. The van der Waals surface area contributed by atoms with Crippen LogP contribution in [0, 0.1) is 6.92 Å². The Morgan fingerprint density at radius 1 is 0.966 bits per heavy atom. The first kappa shape index (κ1) is 18.7. The Labute approximate surface area is 169 Å². The number of imidazole rings is 1. The summed E-state index contributed by atoms with van der Waals surface area (Å²) in [6, 6.07) is 17.3. The summed E-state index contributed by atoms with van der Waals surface area (Å²) in [6.07, 6.45) is 0.872. The highest BCUT2D eigenvalue weighted by Gasteiger charge is 2.16. The standard InChI is InChI=1S/C22H24N6O/c1-3-16(29-17-7-5-4-6-8-17)13-28-14(2)25-19-10-9-18(26-22(19)28)15-11-20(23)27-21(24)12-15/h4-12,16H,3,13H2,1-2H3,(H4,23,24,27). The molecule has 0 aliphatic carbocycles. The number of benzene rings is 1. The predicted molar refractivity (Wildman–Crippen MR) is 115 cm³/mol. The van der Waals surface area contributed by atoms with E-state index in [1.165, 1.54) is 0 Å². The molecule has 4 rings (SSSR count). The number of pyridine rings is 2. The van der Waals surface area contributed by atoms with Crippen LogP contribution in [-0.4, -0.2) is 25.6 Å². The fourth-order valence-electron chi connectivity index (χ4n) is 3.36. The molecule has 0 spiro atoms. The molecule has 0 bridgehead atoms. The van der Waals surface area contributed by atoms with Crippen LogP contribution in [0.5, 0.6) is 5.75 Å². The minimum Gasteiger partial charge on any atom is -0.489 e. The molecular formula is C22H24N6O. The third-order valence-electron chi connectivity index (χ3n) is 4.83. The molecule has 0 fully saturated rings. The summed E-state index contributed by atoms with van der Waals surface area (Å²) in [6.45, 7) is 4.76. The van der Waals surface area contributed by atoms with Gasteiger partial charge >= 0.3 is 0 Å². The maximum Gasteiger partial charge on any atom is 0.160 e. The number of nitrogens with two attached hydrogens (primary N) is 2. The van der Waals surface area contributed by atoms with Gasteiger partial charge in [-0.1, -0.05) is 25.1 Å². The highest BCUT2D eigenvalue weighted by molar-refractivity contribution is 5.77. The number of ether oxygens (including phenoxy) is 1. The van der Waals surface area contributed by atoms with Crippen LogP contribution >= 0.6 is 0 Å². The monoisotopic (exact) mass is 388 g/mol. The van der Waals surface area contributed by atoms with Crippen LogP contribution in [0.2, 0.25) is 0 Å². The third kappa shape index (κ3) is 3.99. The highest BCUT2D eigenvalue weighted by atomic mass is 16.5. The molecule has 7 heteroatoms. The first-order valence-electron chi connectivity index (χ1n) is 9.62. The van der Waals surface area contributed by atoms with Gasteiger partial charge in [0.05, 0.1) is 12.2 Å². The van der Waals surface area contributed by atoms with Gasteiger partial charge in [0.1, 0.15) is 34.8 Å². The normalized spacial score (nSPS) is 12.2. The number of nitrogens with zero attached hydrogens (tertiary/aromatic N) is 4. The Balaban J connectivity index is 1.69. The minimum absolute atomic E-state index is 0.00571. The lowest BCUT2D eigenvalue weighted by molar-refractivity contribution is 0.176. The Morgan fingerprint density at radius 3 is 2.38 bits per heavy atom. The number of para-hydroxylation sites is 1. The maximum atomic E-state index is 6.17. The molecule has 0 radical (unpaired) electrons. The van der Waals surface area contributed by atoms with Gasteiger partial charge in [0.15, 0.2) is 5.65 Å². The van der Waals surface area contributed by atoms with E-state index in [1.54, 1.807) is 12.1 Å². The van der Waals surface area contributed by atoms with E-state index in [4.69, 9.17) is 21.2 Å². The molecule has 1 aromatic carbocycles. The summed E-state index contributed by atoms with van der Waals surface area (Å²) in [5, 5.41) is 0. The van der Waals surface area contributed by atoms with Crippen LogP contribution in [0.3, 0.4) is 0 Å². The van der Waals surface area contributed by atoms with Gasteiger partial charge in [-0.05, 0) is 49.7 Å². The fourth-order valence-corrected chi connectivity index (χ4v) is 3.36. The van der Waals surface area contributed by atoms with Gasteiger partial charge in [0, 0.05) is 5.56 Å². The zero-order valence-corrected chi connectivity index (χ0v) is 16.5. The fraction of sp³-hybridized carbons (Fsp3) is 0.227. The van der Waals surface area contributed by atoms with Crippen LogP contribution in [0.25, 0.3) is 22.4 Å². The molecule has 4 N–H and O–H groups in total. The van der Waals surface area contributed by atoms with Gasteiger partial charge in [-0.2, -0.15) is 0 Å². The van der Waals surface area contributed by atoms with Crippen molar-refractivity contribution in [2.24, 2.45) is 0 Å². The molecule has 29 heavy (non-hydrogen) atoms. The molecule has 0 aliphatic rings. The Bertz CT molecular complexity index is 1120. The average molecular weight is 388 g/mol. The lowest BCUT2D eigenvalue weighted by Crippen LogP contribution is -2.23. The van der Waals surface area contributed by atoms with Crippen LogP contribution < -0.4 is 16.2 Å². The van der Waals surface area contributed by atoms with Crippen molar-refractivity contribution >= 4 is 22.8 Å². The molecule has 148 valence electrons. The van der Waals surface area contributed by atoms with Crippen LogP contribution in [0.15, 0.2) is 54.6 Å². The van der Waals surface area contributed by atoms with E-state index >= 15 is 0 Å². The highest BCUT2D eigenvalue weighted by Crippen LogP contribution is 2.25. The molecule has 0 aliphatic heterocycles. The van der Waals surface area contributed by atoms with E-state index in [0.29, 0.717) is 18.2 Å². The second-order valence-electron chi connectivity index (χ2n) is 6.98. The average Bonchev–Trinajstić information content (AvgIpc) is 3.02. The number of anilines is 2. The number of aryl methyl sites for hydroxylation is 1. The molecule has 4 aromatic rings. The summed E-state index contributed by atoms with van der Waals surface area (Å²) in [5.74, 6) is 2.49. The third-order valence-corrected chi connectivity index (χ3v) is 4.83. The Morgan fingerprint density at radius 2 is 1.69 bits per heavy atom. The molecule has 0 saturated carbocycles. The van der Waals surface area contributed by atoms with Crippen molar-refractivity contribution < 1.29 is 4.74 Å². The molecule has 1 unspecified atom stereocenters. The van der Waals surface area contributed by atoms with E-state index in [2.05, 4.69) is 21.5 Å². The van der Waals surface area contributed by atoms with Crippen LogP contribution in [-0.2, 0) is 6.54 Å². The summed E-state index contributed by atoms with van der Waals surface area (Å²) in [4.78, 5) is 13.5. The van der Waals surface area contributed by atoms with Gasteiger partial charge in [0.2, 0.25) is 0 Å². The van der Waals surface area contributed by atoms with Gasteiger partial charge < -0.3 is 20.8 Å². The predicted octanol–water partition coefficient (Wildman–Crippen LogP) is 3.82. The van der Waals surface area contributed by atoms with Gasteiger partial charge in [0.25, 0.3) is 0 Å². The molecule has 0 saturated heterocycles. The minimum atomic E-state index is 0.00571. The number of aromatic nitrogens is 4. The smallest absolute Gasteiger partial charge is 0.160 e. The van der Waals surface area contributed by atoms with E-state index in [-0.39, 0.29) is 6.10 Å². The van der Waals surface area contributed by atoms with Crippen molar-refractivity contribution in [2.75, 3.05) is 11.5 Å². The first-order chi connectivity index (χ1) is 14.0. The van der Waals surface area contributed by atoms with Crippen molar-refractivity contribution in [3.05, 3.63) is 60.4 Å². The van der Waals surface area contributed by atoms with Crippen molar-refractivity contribution in [1.82, 2.24) is 19.5 Å². The van der Waals surface area contributed by atoms with Crippen molar-refractivity contribution in [3.8, 4) is 17.0 Å². The van der Waals surface area contributed by atoms with Crippen LogP contribution in [0.4, 0.5) is 11.6 Å². The van der Waals surface area contributed by atoms with Gasteiger partial charge in [-0.3, -0.25) is 0 Å². The molecule has 1 atom stereocenters. The lowest BCUT2D eigenvalue weighted by atomic mass is 10.1. The molecular weight excluding hydrogens is 364 g/mol. The Hall–Kier alpha value is -3.61.